The molecule has 1 aliphatic rings. The molecule has 1 fully saturated rings. The van der Waals surface area contributed by atoms with Crippen LogP contribution in [0.5, 0.6) is 0 Å². The Hall–Kier alpha value is -2.62. The van der Waals surface area contributed by atoms with E-state index in [9.17, 15) is 14.9 Å². The van der Waals surface area contributed by atoms with Gasteiger partial charge in [0.2, 0.25) is 0 Å². The number of nitro groups is 1. The largest absolute Gasteiger partial charge is 0.480 e. The van der Waals surface area contributed by atoms with E-state index in [1.54, 1.807) is 6.07 Å². The molecule has 1 saturated carbocycles. The van der Waals surface area contributed by atoms with Gasteiger partial charge in [-0.2, -0.15) is 5.26 Å². The number of aliphatic carboxylic acids is 1. The van der Waals surface area contributed by atoms with Gasteiger partial charge in [-0.1, -0.05) is 0 Å². The molecule has 7 heteroatoms. The maximum absolute atomic E-state index is 11.0. The van der Waals surface area contributed by atoms with Crippen LogP contribution in [0.3, 0.4) is 0 Å². The molecule has 7 nitrogen and oxygen atoms in total. The summed E-state index contributed by atoms with van der Waals surface area (Å²) in [7, 11) is 0. The first-order chi connectivity index (χ1) is 8.48. The molecule has 0 amide bonds. The SMILES string of the molecule is N#Cc1ccc(NC2(C(=O)O)CC2)cc1[N+](=O)[O-]. The third kappa shape index (κ3) is 1.96. The number of nitriles is 1. The molecule has 0 heterocycles. The zero-order valence-corrected chi connectivity index (χ0v) is 9.21. The van der Waals surface area contributed by atoms with Crippen molar-refractivity contribution in [3.05, 3.63) is 33.9 Å². The van der Waals surface area contributed by atoms with Crippen molar-refractivity contribution >= 4 is 17.3 Å². The minimum absolute atomic E-state index is 0.0503. The molecule has 1 aromatic carbocycles. The van der Waals surface area contributed by atoms with E-state index < -0.39 is 16.4 Å². The predicted molar refractivity (Wildman–Crippen MR) is 61.0 cm³/mol. The van der Waals surface area contributed by atoms with E-state index in [4.69, 9.17) is 10.4 Å². The normalized spacial score (nSPS) is 15.5. The van der Waals surface area contributed by atoms with Gasteiger partial charge in [-0.15, -0.1) is 0 Å². The highest BCUT2D eigenvalue weighted by Crippen LogP contribution is 2.39. The summed E-state index contributed by atoms with van der Waals surface area (Å²) in [5.41, 5.74) is -1.06. The molecule has 0 aliphatic heterocycles. The second-order valence-electron chi connectivity index (χ2n) is 4.11. The van der Waals surface area contributed by atoms with Gasteiger partial charge in [-0.25, -0.2) is 4.79 Å². The van der Waals surface area contributed by atoms with E-state index in [0.29, 0.717) is 18.5 Å². The topological polar surface area (TPSA) is 116 Å². The van der Waals surface area contributed by atoms with Crippen molar-refractivity contribution in [1.29, 1.82) is 5.26 Å². The number of hydrogen-bond donors (Lipinski definition) is 2. The molecule has 0 spiro atoms. The van der Waals surface area contributed by atoms with Crippen LogP contribution in [0, 0.1) is 21.4 Å². The van der Waals surface area contributed by atoms with E-state index in [2.05, 4.69) is 5.32 Å². The summed E-state index contributed by atoms with van der Waals surface area (Å²) in [6.45, 7) is 0. The molecule has 18 heavy (non-hydrogen) atoms. The summed E-state index contributed by atoms with van der Waals surface area (Å²) in [5, 5.41) is 31.2. The van der Waals surface area contributed by atoms with Crippen LogP contribution in [-0.2, 0) is 4.79 Å². The van der Waals surface area contributed by atoms with E-state index in [0.717, 1.165) is 0 Å². The molecule has 1 aromatic rings. The van der Waals surface area contributed by atoms with Crippen molar-refractivity contribution in [2.45, 2.75) is 18.4 Å². The number of nitro benzene ring substituents is 1. The smallest absolute Gasteiger partial charge is 0.329 e. The van der Waals surface area contributed by atoms with Crippen LogP contribution in [0.15, 0.2) is 18.2 Å². The second-order valence-corrected chi connectivity index (χ2v) is 4.11. The van der Waals surface area contributed by atoms with Gasteiger partial charge in [0.1, 0.15) is 17.2 Å². The van der Waals surface area contributed by atoms with Gasteiger partial charge in [0.05, 0.1) is 4.92 Å². The molecule has 0 unspecified atom stereocenters. The van der Waals surface area contributed by atoms with Crippen LogP contribution in [0.2, 0.25) is 0 Å². The summed E-state index contributed by atoms with van der Waals surface area (Å²) >= 11 is 0. The van der Waals surface area contributed by atoms with Crippen LogP contribution < -0.4 is 5.32 Å². The highest BCUT2D eigenvalue weighted by Gasteiger charge is 2.50. The highest BCUT2D eigenvalue weighted by atomic mass is 16.6. The number of carboxylic acid groups (broad SMARTS) is 1. The zero-order valence-electron chi connectivity index (χ0n) is 9.21. The Kier molecular flexibility index (Phi) is 2.63. The molecule has 1 aliphatic carbocycles. The second kappa shape index (κ2) is 4.00. The third-order valence-electron chi connectivity index (χ3n) is 2.86. The number of rotatable bonds is 4. The lowest BCUT2D eigenvalue weighted by molar-refractivity contribution is -0.385. The van der Waals surface area contributed by atoms with Gasteiger partial charge in [0.25, 0.3) is 5.69 Å². The fourth-order valence-electron chi connectivity index (χ4n) is 1.65. The third-order valence-corrected chi connectivity index (χ3v) is 2.86. The van der Waals surface area contributed by atoms with Gasteiger partial charge in [-0.05, 0) is 25.0 Å². The number of carbonyl (C=O) groups is 1. The number of nitrogens with one attached hydrogen (secondary N) is 1. The summed E-state index contributed by atoms with van der Waals surface area (Å²) in [5.74, 6) is -0.977. The van der Waals surface area contributed by atoms with Crippen LogP contribution >= 0.6 is 0 Å². The van der Waals surface area contributed by atoms with Gasteiger partial charge < -0.3 is 10.4 Å². The first-order valence-electron chi connectivity index (χ1n) is 5.19. The van der Waals surface area contributed by atoms with Gasteiger partial charge >= 0.3 is 5.97 Å². The molecule has 0 aromatic heterocycles. The van der Waals surface area contributed by atoms with Crippen molar-refractivity contribution in [3.8, 4) is 6.07 Å². The van der Waals surface area contributed by atoms with Crippen molar-refractivity contribution in [1.82, 2.24) is 0 Å². The highest BCUT2D eigenvalue weighted by molar-refractivity contribution is 5.86. The molecule has 0 atom stereocenters. The van der Waals surface area contributed by atoms with Crippen molar-refractivity contribution in [2.75, 3.05) is 5.32 Å². The lowest BCUT2D eigenvalue weighted by Crippen LogP contribution is -2.31. The fourth-order valence-corrected chi connectivity index (χ4v) is 1.65. The molecule has 2 N–H and O–H groups in total. The minimum Gasteiger partial charge on any atom is -0.480 e. The summed E-state index contributed by atoms with van der Waals surface area (Å²) in [6.07, 6.45) is 0.965. The lowest BCUT2D eigenvalue weighted by atomic mass is 10.1. The fraction of sp³-hybridized carbons (Fsp3) is 0.273. The Morgan fingerprint density at radius 3 is 2.67 bits per heavy atom. The molecule has 0 radical (unpaired) electrons. The number of anilines is 1. The molecular weight excluding hydrogens is 238 g/mol. The summed E-state index contributed by atoms with van der Waals surface area (Å²) in [6, 6.07) is 5.67. The molecular formula is C11H9N3O4. The number of benzene rings is 1. The van der Waals surface area contributed by atoms with E-state index >= 15 is 0 Å². The Morgan fingerprint density at radius 1 is 1.56 bits per heavy atom. The Morgan fingerprint density at radius 2 is 2.22 bits per heavy atom. The molecule has 0 bridgehead atoms. The Labute approximate surface area is 102 Å². The van der Waals surface area contributed by atoms with Crippen molar-refractivity contribution in [2.24, 2.45) is 0 Å². The quantitative estimate of drug-likeness (QED) is 0.615. The van der Waals surface area contributed by atoms with Crippen LogP contribution in [0.4, 0.5) is 11.4 Å². The van der Waals surface area contributed by atoms with Crippen LogP contribution in [0.25, 0.3) is 0 Å². The van der Waals surface area contributed by atoms with E-state index in [1.165, 1.54) is 18.2 Å². The summed E-state index contributed by atoms with van der Waals surface area (Å²) in [4.78, 5) is 21.1. The predicted octanol–water partition coefficient (Wildman–Crippen LogP) is 1.50. The Bertz CT molecular complexity index is 572. The minimum atomic E-state index is -1.01. The summed E-state index contributed by atoms with van der Waals surface area (Å²) < 4.78 is 0. The molecule has 2 rings (SSSR count). The molecule has 92 valence electrons. The van der Waals surface area contributed by atoms with Gasteiger partial charge in [0.15, 0.2) is 0 Å². The lowest BCUT2D eigenvalue weighted by Gasteiger charge is -2.13. The maximum atomic E-state index is 11.0. The van der Waals surface area contributed by atoms with E-state index in [1.807, 2.05) is 0 Å². The number of hydrogen-bond acceptors (Lipinski definition) is 5. The first-order valence-corrected chi connectivity index (χ1v) is 5.19. The van der Waals surface area contributed by atoms with E-state index in [-0.39, 0.29) is 11.3 Å². The van der Waals surface area contributed by atoms with Crippen LogP contribution in [-0.4, -0.2) is 21.5 Å². The number of nitrogens with zero attached hydrogens (tertiary/aromatic N) is 2. The van der Waals surface area contributed by atoms with Gasteiger partial charge in [-0.3, -0.25) is 10.1 Å². The number of carboxylic acids is 1. The Balaban J connectivity index is 2.31. The maximum Gasteiger partial charge on any atom is 0.329 e. The first kappa shape index (κ1) is 11.9. The van der Waals surface area contributed by atoms with Crippen molar-refractivity contribution in [3.63, 3.8) is 0 Å². The van der Waals surface area contributed by atoms with Gasteiger partial charge in [0, 0.05) is 11.8 Å². The average Bonchev–Trinajstić information content (AvgIpc) is 3.10. The average molecular weight is 247 g/mol. The van der Waals surface area contributed by atoms with Crippen molar-refractivity contribution < 1.29 is 14.8 Å². The van der Waals surface area contributed by atoms with Crippen LogP contribution in [0.1, 0.15) is 18.4 Å². The zero-order chi connectivity index (χ0) is 13.3. The standard InChI is InChI=1S/C11H9N3O4/c12-6-7-1-2-8(5-9(7)14(17)18)13-11(3-4-11)10(15)16/h1-2,5,13H,3-4H2,(H,15,16). The monoisotopic (exact) mass is 247 g/mol. The molecule has 0 saturated heterocycles.